The van der Waals surface area contributed by atoms with Crippen molar-refractivity contribution in [2.75, 3.05) is 26.2 Å². The van der Waals surface area contributed by atoms with Gasteiger partial charge in [-0.2, -0.15) is 0 Å². The van der Waals surface area contributed by atoms with Gasteiger partial charge in [0.1, 0.15) is 0 Å². The lowest BCUT2D eigenvalue weighted by Gasteiger charge is -2.39. The summed E-state index contributed by atoms with van der Waals surface area (Å²) in [5, 5.41) is 6.61. The normalized spacial score (nSPS) is 25.6. The molecule has 1 aliphatic carbocycles. The first-order chi connectivity index (χ1) is 14.0. The molecule has 0 aromatic heterocycles. The first kappa shape index (κ1) is 21.9. The number of thioether (sulfide) groups is 1. The molecule has 1 aromatic rings. The van der Waals surface area contributed by atoms with E-state index in [2.05, 4.69) is 48.4 Å². The molecule has 0 spiro atoms. The van der Waals surface area contributed by atoms with E-state index in [9.17, 15) is 9.59 Å². The summed E-state index contributed by atoms with van der Waals surface area (Å²) in [7, 11) is 0. The van der Waals surface area contributed by atoms with Gasteiger partial charge >= 0.3 is 0 Å². The lowest BCUT2D eigenvalue weighted by molar-refractivity contribution is -0.127. The summed E-state index contributed by atoms with van der Waals surface area (Å²) < 4.78 is 0. The molecule has 1 aliphatic heterocycles. The first-order valence-corrected chi connectivity index (χ1v) is 11.6. The van der Waals surface area contributed by atoms with Crippen LogP contribution in [-0.4, -0.2) is 54.2 Å². The summed E-state index contributed by atoms with van der Waals surface area (Å²) in [6.07, 6.45) is 4.56. The predicted octanol–water partition coefficient (Wildman–Crippen LogP) is 3.19. The van der Waals surface area contributed by atoms with Crippen LogP contribution in [0.2, 0.25) is 0 Å². The SMILES string of the molecule is CCN(CC)CCNC(=O)C1CCC2S/C(=C/c3cccc(C)c3)C(=O)NC2C1. The molecule has 158 valence electrons. The molecule has 1 saturated heterocycles. The van der Waals surface area contributed by atoms with Crippen molar-refractivity contribution in [3.63, 3.8) is 0 Å². The zero-order chi connectivity index (χ0) is 20.8. The number of fused-ring (bicyclic) bond motifs is 1. The highest BCUT2D eigenvalue weighted by Crippen LogP contribution is 2.39. The summed E-state index contributed by atoms with van der Waals surface area (Å²) in [5.74, 6) is 0.118. The van der Waals surface area contributed by atoms with Crippen LogP contribution in [0.25, 0.3) is 6.08 Å². The lowest BCUT2D eigenvalue weighted by Crippen LogP contribution is -2.51. The Morgan fingerprint density at radius 2 is 2.10 bits per heavy atom. The van der Waals surface area contributed by atoms with E-state index < -0.39 is 0 Å². The van der Waals surface area contributed by atoms with E-state index in [0.29, 0.717) is 11.8 Å². The van der Waals surface area contributed by atoms with Crippen molar-refractivity contribution in [1.29, 1.82) is 0 Å². The van der Waals surface area contributed by atoms with Gasteiger partial charge < -0.3 is 15.5 Å². The second-order valence-corrected chi connectivity index (χ2v) is 9.27. The highest BCUT2D eigenvalue weighted by Gasteiger charge is 2.39. The Kier molecular flexibility index (Phi) is 7.78. The van der Waals surface area contributed by atoms with Crippen LogP contribution in [0.15, 0.2) is 29.2 Å². The molecule has 0 bridgehead atoms. The molecular formula is C23H33N3O2S. The summed E-state index contributed by atoms with van der Waals surface area (Å²) in [6, 6.07) is 8.26. The minimum atomic E-state index is -0.0136. The number of aryl methyl sites for hydroxylation is 1. The third-order valence-corrected chi connectivity index (χ3v) is 7.36. The number of benzene rings is 1. The van der Waals surface area contributed by atoms with Crippen molar-refractivity contribution < 1.29 is 9.59 Å². The second-order valence-electron chi connectivity index (χ2n) is 7.99. The van der Waals surface area contributed by atoms with Crippen LogP contribution < -0.4 is 10.6 Å². The molecule has 2 amide bonds. The topological polar surface area (TPSA) is 61.4 Å². The number of nitrogens with one attached hydrogen (secondary N) is 2. The molecule has 6 heteroatoms. The average Bonchev–Trinajstić information content (AvgIpc) is 2.71. The van der Waals surface area contributed by atoms with Gasteiger partial charge in [-0.25, -0.2) is 0 Å². The Labute approximate surface area is 178 Å². The molecule has 1 saturated carbocycles. The smallest absolute Gasteiger partial charge is 0.257 e. The van der Waals surface area contributed by atoms with E-state index in [4.69, 9.17) is 0 Å². The number of carbonyl (C=O) groups is 2. The number of nitrogens with zero attached hydrogens (tertiary/aromatic N) is 1. The summed E-state index contributed by atoms with van der Waals surface area (Å²) >= 11 is 1.68. The van der Waals surface area contributed by atoms with Crippen molar-refractivity contribution in [2.24, 2.45) is 5.92 Å². The molecule has 29 heavy (non-hydrogen) atoms. The van der Waals surface area contributed by atoms with Crippen molar-refractivity contribution in [3.8, 4) is 0 Å². The van der Waals surface area contributed by atoms with Gasteiger partial charge in [0, 0.05) is 30.3 Å². The molecule has 3 rings (SSSR count). The van der Waals surface area contributed by atoms with Crippen molar-refractivity contribution >= 4 is 29.7 Å². The van der Waals surface area contributed by atoms with Gasteiger partial charge in [-0.3, -0.25) is 9.59 Å². The molecule has 2 fully saturated rings. The third kappa shape index (κ3) is 5.86. The fourth-order valence-corrected chi connectivity index (χ4v) is 5.46. The van der Waals surface area contributed by atoms with Crippen LogP contribution in [0.1, 0.15) is 44.2 Å². The molecule has 2 aliphatic rings. The molecule has 1 aromatic carbocycles. The Morgan fingerprint density at radius 1 is 1.31 bits per heavy atom. The second kappa shape index (κ2) is 10.3. The average molecular weight is 416 g/mol. The summed E-state index contributed by atoms with van der Waals surface area (Å²) in [5.41, 5.74) is 2.24. The molecule has 2 N–H and O–H groups in total. The van der Waals surface area contributed by atoms with Crippen LogP contribution >= 0.6 is 11.8 Å². The lowest BCUT2D eigenvalue weighted by atomic mass is 9.84. The van der Waals surface area contributed by atoms with Gasteiger partial charge in [-0.15, -0.1) is 11.8 Å². The standard InChI is InChI=1S/C23H33N3O2S/c1-4-26(5-2)12-11-24-22(27)18-9-10-20-19(15-18)25-23(28)21(29-20)14-17-8-6-7-16(3)13-17/h6-8,13-14,18-20H,4-5,9-12,15H2,1-3H3,(H,24,27)(H,25,28)/b21-14+. The Morgan fingerprint density at radius 3 is 2.83 bits per heavy atom. The number of hydrogen-bond acceptors (Lipinski definition) is 4. The summed E-state index contributed by atoms with van der Waals surface area (Å²) in [4.78, 5) is 28.3. The Hall–Kier alpha value is -1.79. The molecule has 1 heterocycles. The third-order valence-electron chi connectivity index (χ3n) is 5.94. The zero-order valence-electron chi connectivity index (χ0n) is 17.7. The van der Waals surface area contributed by atoms with Gasteiger partial charge in [0.05, 0.1) is 4.91 Å². The maximum Gasteiger partial charge on any atom is 0.257 e. The van der Waals surface area contributed by atoms with E-state index >= 15 is 0 Å². The van der Waals surface area contributed by atoms with E-state index in [1.54, 1.807) is 11.8 Å². The van der Waals surface area contributed by atoms with Gasteiger partial charge in [-0.1, -0.05) is 43.7 Å². The van der Waals surface area contributed by atoms with E-state index in [-0.39, 0.29) is 23.8 Å². The highest BCUT2D eigenvalue weighted by atomic mass is 32.2. The van der Waals surface area contributed by atoms with Crippen molar-refractivity contribution in [2.45, 2.75) is 51.3 Å². The van der Waals surface area contributed by atoms with Crippen LogP contribution in [-0.2, 0) is 9.59 Å². The van der Waals surface area contributed by atoms with Gasteiger partial charge in [0.2, 0.25) is 5.91 Å². The van der Waals surface area contributed by atoms with Crippen molar-refractivity contribution in [3.05, 3.63) is 40.3 Å². The maximum absolute atomic E-state index is 12.6. The van der Waals surface area contributed by atoms with Gasteiger partial charge in [-0.05, 0) is 50.9 Å². The van der Waals surface area contributed by atoms with E-state index in [0.717, 1.165) is 49.4 Å². The fraction of sp³-hybridized carbons (Fsp3) is 0.565. The summed E-state index contributed by atoms with van der Waals surface area (Å²) in [6.45, 7) is 9.91. The monoisotopic (exact) mass is 415 g/mol. The number of rotatable bonds is 7. The zero-order valence-corrected chi connectivity index (χ0v) is 18.6. The molecule has 3 unspecified atom stereocenters. The Balaban J connectivity index is 1.54. The van der Waals surface area contributed by atoms with Crippen LogP contribution in [0.3, 0.4) is 0 Å². The highest BCUT2D eigenvalue weighted by molar-refractivity contribution is 8.04. The predicted molar refractivity (Wildman–Crippen MR) is 121 cm³/mol. The van der Waals surface area contributed by atoms with Crippen molar-refractivity contribution in [1.82, 2.24) is 15.5 Å². The van der Waals surface area contributed by atoms with Gasteiger partial charge in [0.15, 0.2) is 0 Å². The van der Waals surface area contributed by atoms with E-state index in [1.165, 1.54) is 5.56 Å². The van der Waals surface area contributed by atoms with Crippen LogP contribution in [0, 0.1) is 12.8 Å². The molecule has 3 atom stereocenters. The van der Waals surface area contributed by atoms with Crippen LogP contribution in [0.5, 0.6) is 0 Å². The Bertz CT molecular complexity index is 760. The molecule has 5 nitrogen and oxygen atoms in total. The number of amides is 2. The fourth-order valence-electron chi connectivity index (χ4n) is 4.16. The molecular weight excluding hydrogens is 382 g/mol. The largest absolute Gasteiger partial charge is 0.355 e. The maximum atomic E-state index is 12.6. The minimum absolute atomic E-state index is 0.00356. The number of carbonyl (C=O) groups excluding carboxylic acids is 2. The van der Waals surface area contributed by atoms with E-state index in [1.807, 2.05) is 18.2 Å². The molecule has 0 radical (unpaired) electrons. The number of likely N-dealkylation sites (N-methyl/N-ethyl adjacent to an activating group) is 1. The van der Waals surface area contributed by atoms with Gasteiger partial charge in [0.25, 0.3) is 5.91 Å². The van der Waals surface area contributed by atoms with Crippen LogP contribution in [0.4, 0.5) is 0 Å². The number of hydrogen-bond donors (Lipinski definition) is 2. The minimum Gasteiger partial charge on any atom is -0.355 e. The first-order valence-electron chi connectivity index (χ1n) is 10.8. The quantitative estimate of drug-likeness (QED) is 0.672.